The quantitative estimate of drug-likeness (QED) is 0.624. The number of ether oxygens (including phenoxy) is 1. The Morgan fingerprint density at radius 2 is 2.00 bits per heavy atom. The van der Waals surface area contributed by atoms with Gasteiger partial charge in [0.25, 0.3) is 0 Å². The third-order valence-electron chi connectivity index (χ3n) is 2.85. The lowest BCUT2D eigenvalue weighted by Gasteiger charge is -1.97. The zero-order chi connectivity index (χ0) is 14.8. The van der Waals surface area contributed by atoms with Crippen LogP contribution in [0.3, 0.4) is 0 Å². The first-order chi connectivity index (χ1) is 10.2. The van der Waals surface area contributed by atoms with E-state index in [0.29, 0.717) is 12.3 Å². The number of thiophene rings is 2. The summed E-state index contributed by atoms with van der Waals surface area (Å²) in [6, 6.07) is 8.32. The van der Waals surface area contributed by atoms with Crippen molar-refractivity contribution in [1.82, 2.24) is 4.98 Å². The van der Waals surface area contributed by atoms with Crippen molar-refractivity contribution in [3.63, 3.8) is 0 Å². The fraction of sp³-hybridized carbons (Fsp3) is 0.200. The molecular weight excluding hydrogens is 322 g/mol. The Kier molecular flexibility index (Phi) is 4.19. The minimum Gasteiger partial charge on any atom is -0.461 e. The maximum Gasteiger partial charge on any atom is 0.358 e. The third-order valence-corrected chi connectivity index (χ3v) is 6.14. The van der Waals surface area contributed by atoms with Crippen molar-refractivity contribution in [2.45, 2.75) is 13.8 Å². The van der Waals surface area contributed by atoms with E-state index >= 15 is 0 Å². The smallest absolute Gasteiger partial charge is 0.358 e. The Hall–Kier alpha value is -1.50. The van der Waals surface area contributed by atoms with Gasteiger partial charge in [-0.05, 0) is 37.4 Å². The topological polar surface area (TPSA) is 39.2 Å². The molecule has 0 bridgehead atoms. The highest BCUT2D eigenvalue weighted by molar-refractivity contribution is 7.26. The average Bonchev–Trinajstić information content (AvgIpc) is 3.18. The number of aryl methyl sites for hydroxylation is 1. The second-order valence-corrected chi connectivity index (χ2v) is 7.52. The first-order valence-electron chi connectivity index (χ1n) is 6.47. The van der Waals surface area contributed by atoms with Gasteiger partial charge in [-0.2, -0.15) is 0 Å². The summed E-state index contributed by atoms with van der Waals surface area (Å²) < 4.78 is 5.03. The van der Waals surface area contributed by atoms with Crippen LogP contribution in [0.15, 0.2) is 29.6 Å². The van der Waals surface area contributed by atoms with Crippen molar-refractivity contribution in [3.8, 4) is 19.6 Å². The van der Waals surface area contributed by atoms with Crippen molar-refractivity contribution >= 4 is 40.0 Å². The van der Waals surface area contributed by atoms with E-state index in [0.717, 1.165) is 14.8 Å². The lowest BCUT2D eigenvalue weighted by molar-refractivity contribution is 0.0519. The molecule has 0 atom stereocenters. The van der Waals surface area contributed by atoms with Crippen LogP contribution in [0.2, 0.25) is 0 Å². The van der Waals surface area contributed by atoms with E-state index in [1.807, 2.05) is 13.0 Å². The molecule has 0 aliphatic rings. The first-order valence-corrected chi connectivity index (χ1v) is 8.99. The van der Waals surface area contributed by atoms with E-state index in [4.69, 9.17) is 4.74 Å². The number of thiazole rings is 1. The van der Waals surface area contributed by atoms with E-state index in [1.54, 1.807) is 29.6 Å². The van der Waals surface area contributed by atoms with Crippen LogP contribution in [0.25, 0.3) is 19.6 Å². The van der Waals surface area contributed by atoms with Gasteiger partial charge in [0, 0.05) is 14.6 Å². The molecule has 0 aliphatic carbocycles. The number of hydrogen-bond donors (Lipinski definition) is 0. The molecule has 0 aliphatic heterocycles. The SMILES string of the molecule is CCOC(=O)c1nc(-c2ccc(-c3cccs3)s2)sc1C. The summed E-state index contributed by atoms with van der Waals surface area (Å²) in [5, 5.41) is 2.95. The van der Waals surface area contributed by atoms with Gasteiger partial charge in [0.05, 0.1) is 11.5 Å². The predicted octanol–water partition coefficient (Wildman–Crippen LogP) is 5.09. The van der Waals surface area contributed by atoms with Gasteiger partial charge in [0.1, 0.15) is 5.01 Å². The van der Waals surface area contributed by atoms with Crippen LogP contribution in [-0.2, 0) is 4.74 Å². The maximum absolute atomic E-state index is 11.8. The number of carbonyl (C=O) groups is 1. The lowest BCUT2D eigenvalue weighted by Crippen LogP contribution is -2.06. The minimum atomic E-state index is -0.340. The zero-order valence-electron chi connectivity index (χ0n) is 11.6. The molecule has 21 heavy (non-hydrogen) atoms. The maximum atomic E-state index is 11.8. The molecule has 0 N–H and O–H groups in total. The van der Waals surface area contributed by atoms with Crippen LogP contribution in [0, 0.1) is 6.92 Å². The van der Waals surface area contributed by atoms with Gasteiger partial charge < -0.3 is 4.74 Å². The van der Waals surface area contributed by atoms with Gasteiger partial charge >= 0.3 is 5.97 Å². The second kappa shape index (κ2) is 6.09. The molecule has 3 aromatic rings. The van der Waals surface area contributed by atoms with E-state index < -0.39 is 0 Å². The predicted molar refractivity (Wildman–Crippen MR) is 89.4 cm³/mol. The number of esters is 1. The summed E-state index contributed by atoms with van der Waals surface area (Å²) in [5.41, 5.74) is 0.433. The molecule has 0 spiro atoms. The molecule has 0 saturated carbocycles. The molecule has 6 heteroatoms. The lowest BCUT2D eigenvalue weighted by atomic mass is 10.3. The van der Waals surface area contributed by atoms with Crippen LogP contribution in [-0.4, -0.2) is 17.6 Å². The van der Waals surface area contributed by atoms with Crippen LogP contribution in [0.4, 0.5) is 0 Å². The third kappa shape index (κ3) is 2.92. The van der Waals surface area contributed by atoms with E-state index in [9.17, 15) is 4.79 Å². The van der Waals surface area contributed by atoms with E-state index in [2.05, 4.69) is 28.6 Å². The Bertz CT molecular complexity index is 756. The van der Waals surface area contributed by atoms with Gasteiger partial charge in [-0.3, -0.25) is 0 Å². The van der Waals surface area contributed by atoms with Gasteiger partial charge in [0.2, 0.25) is 0 Å². The zero-order valence-corrected chi connectivity index (χ0v) is 14.0. The molecule has 0 unspecified atom stereocenters. The molecular formula is C15H13NO2S3. The summed E-state index contributed by atoms with van der Waals surface area (Å²) in [4.78, 5) is 20.7. The normalized spacial score (nSPS) is 10.8. The number of rotatable bonds is 4. The van der Waals surface area contributed by atoms with Crippen molar-refractivity contribution in [1.29, 1.82) is 0 Å². The fourth-order valence-corrected chi connectivity index (χ4v) is 4.69. The molecule has 3 heterocycles. The summed E-state index contributed by atoms with van der Waals surface area (Å²) in [6.45, 7) is 4.07. The van der Waals surface area contributed by atoms with Crippen LogP contribution in [0.1, 0.15) is 22.3 Å². The standard InChI is InChI=1S/C15H13NO2S3/c1-3-18-15(17)13-9(2)20-14(16-13)12-7-6-11(21-12)10-5-4-8-19-10/h4-8H,3H2,1-2H3. The van der Waals surface area contributed by atoms with Crippen LogP contribution < -0.4 is 0 Å². The fourth-order valence-electron chi connectivity index (χ4n) is 1.89. The highest BCUT2D eigenvalue weighted by atomic mass is 32.1. The monoisotopic (exact) mass is 335 g/mol. The molecule has 0 amide bonds. The van der Waals surface area contributed by atoms with Crippen molar-refractivity contribution in [3.05, 3.63) is 40.2 Å². The van der Waals surface area contributed by atoms with Crippen molar-refractivity contribution in [2.75, 3.05) is 6.61 Å². The Balaban J connectivity index is 1.91. The number of carbonyl (C=O) groups excluding carboxylic acids is 1. The summed E-state index contributed by atoms with van der Waals surface area (Å²) in [7, 11) is 0. The number of aromatic nitrogens is 1. The van der Waals surface area contributed by atoms with Crippen LogP contribution >= 0.6 is 34.0 Å². The van der Waals surface area contributed by atoms with Gasteiger partial charge in [-0.1, -0.05) is 6.07 Å². The largest absolute Gasteiger partial charge is 0.461 e. The molecule has 0 aromatic carbocycles. The molecule has 0 fully saturated rings. The molecule has 3 nitrogen and oxygen atoms in total. The van der Waals surface area contributed by atoms with Gasteiger partial charge in [0.15, 0.2) is 5.69 Å². The molecule has 0 saturated heterocycles. The molecule has 3 rings (SSSR count). The second-order valence-electron chi connectivity index (χ2n) is 4.29. The highest BCUT2D eigenvalue weighted by Gasteiger charge is 2.18. The van der Waals surface area contributed by atoms with Gasteiger partial charge in [-0.15, -0.1) is 34.0 Å². The summed E-state index contributed by atoms with van der Waals surface area (Å²) in [5.74, 6) is -0.340. The van der Waals surface area contributed by atoms with Crippen molar-refractivity contribution < 1.29 is 9.53 Å². The average molecular weight is 335 g/mol. The number of nitrogens with zero attached hydrogens (tertiary/aromatic N) is 1. The van der Waals surface area contributed by atoms with Gasteiger partial charge in [-0.25, -0.2) is 9.78 Å². The van der Waals surface area contributed by atoms with E-state index in [1.165, 1.54) is 21.1 Å². The molecule has 0 radical (unpaired) electrons. The first kappa shape index (κ1) is 14.4. The van der Waals surface area contributed by atoms with E-state index in [-0.39, 0.29) is 5.97 Å². The highest BCUT2D eigenvalue weighted by Crippen LogP contribution is 2.38. The Morgan fingerprint density at radius 1 is 1.19 bits per heavy atom. The Morgan fingerprint density at radius 3 is 2.71 bits per heavy atom. The number of hydrogen-bond acceptors (Lipinski definition) is 6. The summed E-state index contributed by atoms with van der Waals surface area (Å²) in [6.07, 6.45) is 0. The Labute approximate surface area is 134 Å². The molecule has 108 valence electrons. The van der Waals surface area contributed by atoms with Crippen LogP contribution in [0.5, 0.6) is 0 Å². The molecule has 3 aromatic heterocycles. The summed E-state index contributed by atoms with van der Waals surface area (Å²) >= 11 is 4.95. The minimum absolute atomic E-state index is 0.340. The van der Waals surface area contributed by atoms with Crippen molar-refractivity contribution in [2.24, 2.45) is 0 Å².